The van der Waals surface area contributed by atoms with Crippen molar-refractivity contribution in [2.24, 2.45) is 0 Å². The van der Waals surface area contributed by atoms with Gasteiger partial charge in [-0.25, -0.2) is 9.50 Å². The Morgan fingerprint density at radius 1 is 0.903 bits per heavy atom. The maximum atomic E-state index is 4.87. The van der Waals surface area contributed by atoms with E-state index in [4.69, 9.17) is 5.10 Å². The molecule has 2 aliphatic rings. The molecule has 156 valence electrons. The summed E-state index contributed by atoms with van der Waals surface area (Å²) in [7, 11) is 0. The number of piperidine rings is 1. The van der Waals surface area contributed by atoms with E-state index in [0.29, 0.717) is 18.1 Å². The summed E-state index contributed by atoms with van der Waals surface area (Å²) in [5.74, 6) is 0.918. The van der Waals surface area contributed by atoms with Gasteiger partial charge in [0.05, 0.1) is 11.9 Å². The Morgan fingerprint density at radius 3 is 2.45 bits per heavy atom. The third-order valence-corrected chi connectivity index (χ3v) is 6.78. The van der Waals surface area contributed by atoms with Crippen LogP contribution in [-0.4, -0.2) is 42.6 Å². The number of anilines is 1. The highest BCUT2D eigenvalue weighted by Crippen LogP contribution is 2.37. The first-order chi connectivity index (χ1) is 15.3. The maximum Gasteiger partial charge on any atom is 0.154 e. The van der Waals surface area contributed by atoms with E-state index in [9.17, 15) is 0 Å². The van der Waals surface area contributed by atoms with Crippen LogP contribution < -0.4 is 5.32 Å². The Hall–Kier alpha value is -3.25. The summed E-state index contributed by atoms with van der Waals surface area (Å²) in [4.78, 5) is 11.4. The molecule has 2 fully saturated rings. The van der Waals surface area contributed by atoms with Gasteiger partial charge in [-0.2, -0.15) is 0 Å². The van der Waals surface area contributed by atoms with Crippen molar-refractivity contribution in [2.75, 3.05) is 5.32 Å². The zero-order valence-electron chi connectivity index (χ0n) is 17.4. The van der Waals surface area contributed by atoms with Gasteiger partial charge in [-0.05, 0) is 55.5 Å². The Morgan fingerprint density at radius 2 is 1.68 bits per heavy atom. The topological polar surface area (TPSA) is 58.3 Å². The first-order valence-electron chi connectivity index (χ1n) is 11.1. The molecule has 31 heavy (non-hydrogen) atoms. The van der Waals surface area contributed by atoms with Crippen molar-refractivity contribution in [3.05, 3.63) is 78.8 Å². The van der Waals surface area contributed by atoms with Gasteiger partial charge in [0.15, 0.2) is 5.65 Å². The van der Waals surface area contributed by atoms with Crippen molar-refractivity contribution >= 4 is 11.5 Å². The van der Waals surface area contributed by atoms with Crippen LogP contribution in [0.1, 0.15) is 31.2 Å². The van der Waals surface area contributed by atoms with Gasteiger partial charge < -0.3 is 5.32 Å². The summed E-state index contributed by atoms with van der Waals surface area (Å²) in [5.41, 5.74) is 4.33. The van der Waals surface area contributed by atoms with Crippen molar-refractivity contribution < 1.29 is 0 Å². The first-order valence-corrected chi connectivity index (χ1v) is 11.1. The number of nitrogens with one attached hydrogen (secondary N) is 1. The zero-order chi connectivity index (χ0) is 20.6. The first kappa shape index (κ1) is 18.5. The van der Waals surface area contributed by atoms with Crippen molar-refractivity contribution in [2.45, 2.75) is 50.4 Å². The molecule has 4 aromatic rings. The average Bonchev–Trinajstić information content (AvgIpc) is 3.32. The smallest absolute Gasteiger partial charge is 0.154 e. The Balaban J connectivity index is 1.19. The summed E-state index contributed by atoms with van der Waals surface area (Å²) < 4.78 is 1.93. The minimum atomic E-state index is 0.461. The van der Waals surface area contributed by atoms with E-state index in [1.807, 2.05) is 28.9 Å². The van der Waals surface area contributed by atoms with Gasteiger partial charge in [0, 0.05) is 42.6 Å². The van der Waals surface area contributed by atoms with Crippen molar-refractivity contribution in [3.63, 3.8) is 0 Å². The lowest BCUT2D eigenvalue weighted by atomic mass is 9.96. The van der Waals surface area contributed by atoms with E-state index in [2.05, 4.69) is 56.6 Å². The molecule has 0 saturated carbocycles. The van der Waals surface area contributed by atoms with Gasteiger partial charge in [0.25, 0.3) is 0 Å². The highest BCUT2D eigenvalue weighted by molar-refractivity contribution is 5.63. The fourth-order valence-corrected chi connectivity index (χ4v) is 5.32. The van der Waals surface area contributed by atoms with Crippen LogP contribution in [0, 0.1) is 0 Å². The molecule has 3 atom stereocenters. The fourth-order valence-electron chi connectivity index (χ4n) is 5.32. The van der Waals surface area contributed by atoms with Gasteiger partial charge in [-0.1, -0.05) is 30.3 Å². The quantitative estimate of drug-likeness (QED) is 0.529. The van der Waals surface area contributed by atoms with Crippen LogP contribution in [0.25, 0.3) is 16.9 Å². The molecule has 1 N–H and O–H groups in total. The number of hydrogen-bond acceptors (Lipinski definition) is 5. The third kappa shape index (κ3) is 3.57. The van der Waals surface area contributed by atoms with Gasteiger partial charge in [0.2, 0.25) is 0 Å². The molecule has 6 nitrogen and oxygen atoms in total. The van der Waals surface area contributed by atoms with Crippen molar-refractivity contribution in [1.82, 2.24) is 24.5 Å². The number of fused-ring (bicyclic) bond motifs is 3. The number of rotatable bonds is 5. The summed E-state index contributed by atoms with van der Waals surface area (Å²) in [6.45, 7) is 1.07. The lowest BCUT2D eigenvalue weighted by molar-refractivity contribution is 0.124. The van der Waals surface area contributed by atoms with E-state index in [0.717, 1.165) is 29.3 Å². The number of benzene rings is 1. The lowest BCUT2D eigenvalue weighted by Gasteiger charge is -2.39. The standard InChI is InChI=1S/C25H26N6/c1-2-4-18(5-3-1)17-30-21-6-7-22(30)15-20(14-21)28-24-8-9-25-27-16-23(31(25)29-24)19-10-12-26-13-11-19/h1-5,8-13,16,20-22H,6-7,14-15,17H2,(H,28,29)/t20?,21-,22+. The molecule has 0 radical (unpaired) electrons. The second kappa shape index (κ2) is 7.78. The van der Waals surface area contributed by atoms with Crippen molar-refractivity contribution in [3.8, 4) is 11.3 Å². The predicted octanol–water partition coefficient (Wildman–Crippen LogP) is 4.40. The highest BCUT2D eigenvalue weighted by Gasteiger charge is 2.40. The number of pyridine rings is 1. The predicted molar refractivity (Wildman–Crippen MR) is 122 cm³/mol. The van der Waals surface area contributed by atoms with Crippen LogP contribution in [0.2, 0.25) is 0 Å². The largest absolute Gasteiger partial charge is 0.366 e. The molecule has 5 heterocycles. The molecule has 2 aliphatic heterocycles. The Kier molecular flexibility index (Phi) is 4.65. The molecule has 0 aliphatic carbocycles. The van der Waals surface area contributed by atoms with Crippen LogP contribution in [0.5, 0.6) is 0 Å². The van der Waals surface area contributed by atoms with E-state index in [1.165, 1.54) is 31.2 Å². The molecule has 6 heteroatoms. The van der Waals surface area contributed by atoms with E-state index < -0.39 is 0 Å². The minimum Gasteiger partial charge on any atom is -0.366 e. The van der Waals surface area contributed by atoms with Crippen LogP contribution in [0.4, 0.5) is 5.82 Å². The van der Waals surface area contributed by atoms with Gasteiger partial charge in [-0.15, -0.1) is 5.10 Å². The summed E-state index contributed by atoms with van der Waals surface area (Å²) in [5, 5.41) is 8.60. The summed E-state index contributed by atoms with van der Waals surface area (Å²) in [6, 6.07) is 20.7. The molecule has 1 aromatic carbocycles. The summed E-state index contributed by atoms with van der Waals surface area (Å²) in [6.07, 6.45) is 10.4. The van der Waals surface area contributed by atoms with E-state index >= 15 is 0 Å². The Bertz CT molecular complexity index is 1160. The average molecular weight is 411 g/mol. The number of hydrogen-bond donors (Lipinski definition) is 1. The molecular weight excluding hydrogens is 384 g/mol. The molecule has 0 amide bonds. The highest BCUT2D eigenvalue weighted by atomic mass is 15.3. The van der Waals surface area contributed by atoms with Crippen molar-refractivity contribution in [1.29, 1.82) is 0 Å². The monoisotopic (exact) mass is 410 g/mol. The van der Waals surface area contributed by atoms with Gasteiger partial charge in [0.1, 0.15) is 5.82 Å². The fraction of sp³-hybridized carbons (Fsp3) is 0.320. The minimum absolute atomic E-state index is 0.461. The number of imidazole rings is 1. The molecule has 6 rings (SSSR count). The van der Waals surface area contributed by atoms with Gasteiger partial charge in [-0.3, -0.25) is 9.88 Å². The SMILES string of the molecule is c1ccc(CN2[C@@H]3CC[C@H]2CC(Nc2ccc4ncc(-c5ccncc5)n4n2)C3)cc1. The molecule has 2 bridgehead atoms. The second-order valence-electron chi connectivity index (χ2n) is 8.72. The third-order valence-electron chi connectivity index (χ3n) is 6.78. The second-order valence-corrected chi connectivity index (χ2v) is 8.72. The molecule has 2 saturated heterocycles. The van der Waals surface area contributed by atoms with Crippen LogP contribution in [-0.2, 0) is 6.54 Å². The van der Waals surface area contributed by atoms with E-state index in [1.54, 1.807) is 12.4 Å². The van der Waals surface area contributed by atoms with Crippen LogP contribution >= 0.6 is 0 Å². The molecule has 3 aromatic heterocycles. The summed E-state index contributed by atoms with van der Waals surface area (Å²) >= 11 is 0. The molecular formula is C25H26N6. The Labute approximate surface area is 182 Å². The van der Waals surface area contributed by atoms with Crippen LogP contribution in [0.3, 0.4) is 0 Å². The molecule has 0 spiro atoms. The normalized spacial score (nSPS) is 23.3. The lowest BCUT2D eigenvalue weighted by Crippen LogP contribution is -2.46. The van der Waals surface area contributed by atoms with Gasteiger partial charge >= 0.3 is 0 Å². The molecule has 1 unspecified atom stereocenters. The number of aromatic nitrogens is 4. The van der Waals surface area contributed by atoms with E-state index in [-0.39, 0.29) is 0 Å². The zero-order valence-corrected chi connectivity index (χ0v) is 17.4. The number of nitrogens with zero attached hydrogens (tertiary/aromatic N) is 5. The maximum absolute atomic E-state index is 4.87. The van der Waals surface area contributed by atoms with Crippen LogP contribution in [0.15, 0.2) is 73.2 Å².